The number of aromatic nitrogens is 3. The number of hydrogen-bond acceptors (Lipinski definition) is 7. The molecule has 1 atom stereocenters. The number of anilines is 1. The maximum atomic E-state index is 12.8. The summed E-state index contributed by atoms with van der Waals surface area (Å²) in [6.45, 7) is 0.545. The van der Waals surface area contributed by atoms with Gasteiger partial charge in [0.15, 0.2) is 12.3 Å². The Labute approximate surface area is 186 Å². The van der Waals surface area contributed by atoms with E-state index >= 15 is 0 Å². The molecule has 4 heterocycles. The lowest BCUT2D eigenvalue weighted by Crippen LogP contribution is -2.62. The zero-order chi connectivity index (χ0) is 23.1. The number of carbonyl (C=O) groups excluding carboxylic acids is 4. The number of hydrogen-bond donors (Lipinski definition) is 3. The summed E-state index contributed by atoms with van der Waals surface area (Å²) in [5.74, 6) is -0.895. The molecule has 168 valence electrons. The number of carbonyl (C=O) groups is 4. The molecular formula is C21H19N7O5. The van der Waals surface area contributed by atoms with Crippen LogP contribution in [0.25, 0.3) is 5.65 Å². The second-order valence-electron chi connectivity index (χ2n) is 7.72. The van der Waals surface area contributed by atoms with Gasteiger partial charge in [-0.2, -0.15) is 5.10 Å². The van der Waals surface area contributed by atoms with Crippen LogP contribution in [0.1, 0.15) is 26.5 Å². The van der Waals surface area contributed by atoms with Crippen LogP contribution in [0.15, 0.2) is 36.5 Å². The van der Waals surface area contributed by atoms with Gasteiger partial charge in [-0.1, -0.05) is 6.07 Å². The van der Waals surface area contributed by atoms with Crippen LogP contribution in [0.2, 0.25) is 0 Å². The first kappa shape index (κ1) is 20.4. The van der Waals surface area contributed by atoms with Gasteiger partial charge in [0.25, 0.3) is 17.7 Å². The molecule has 0 unspecified atom stereocenters. The normalized spacial score (nSPS) is 17.0. The first-order valence-electron chi connectivity index (χ1n) is 10.1. The molecule has 0 radical (unpaired) electrons. The van der Waals surface area contributed by atoms with E-state index in [1.165, 1.54) is 21.7 Å². The summed E-state index contributed by atoms with van der Waals surface area (Å²) in [5.41, 5.74) is 1.71. The van der Waals surface area contributed by atoms with E-state index in [0.717, 1.165) is 5.56 Å². The fourth-order valence-electron chi connectivity index (χ4n) is 3.64. The van der Waals surface area contributed by atoms with Gasteiger partial charge in [0.2, 0.25) is 5.91 Å². The largest absolute Gasteiger partial charge is 0.482 e. The third-order valence-electron chi connectivity index (χ3n) is 5.39. The van der Waals surface area contributed by atoms with Crippen LogP contribution < -0.4 is 20.7 Å². The number of benzene rings is 1. The first-order chi connectivity index (χ1) is 15.9. The van der Waals surface area contributed by atoms with Gasteiger partial charge in [0.1, 0.15) is 23.2 Å². The van der Waals surface area contributed by atoms with E-state index in [2.05, 4.69) is 26.0 Å². The predicted octanol–water partition coefficient (Wildman–Crippen LogP) is -0.439. The van der Waals surface area contributed by atoms with Crippen LogP contribution in [-0.2, 0) is 16.1 Å². The molecule has 0 aliphatic carbocycles. The fraction of sp³-hybridized carbons (Fsp3) is 0.238. The van der Waals surface area contributed by atoms with Crippen molar-refractivity contribution in [2.45, 2.75) is 12.6 Å². The van der Waals surface area contributed by atoms with Crippen molar-refractivity contribution in [3.05, 3.63) is 53.5 Å². The van der Waals surface area contributed by atoms with Gasteiger partial charge in [0, 0.05) is 32.3 Å². The maximum Gasteiger partial charge on any atom is 0.270 e. The van der Waals surface area contributed by atoms with Gasteiger partial charge >= 0.3 is 0 Å². The third-order valence-corrected chi connectivity index (χ3v) is 5.39. The van der Waals surface area contributed by atoms with Crippen LogP contribution in [0.3, 0.4) is 0 Å². The Bertz CT molecular complexity index is 1320. The molecule has 1 saturated heterocycles. The highest BCUT2D eigenvalue weighted by Gasteiger charge is 2.35. The van der Waals surface area contributed by atoms with Crippen LogP contribution in [0, 0.1) is 0 Å². The molecule has 5 rings (SSSR count). The van der Waals surface area contributed by atoms with Gasteiger partial charge < -0.3 is 25.6 Å². The minimum Gasteiger partial charge on any atom is -0.482 e. The summed E-state index contributed by atoms with van der Waals surface area (Å²) in [6.07, 6.45) is 1.46. The number of amides is 4. The Morgan fingerprint density at radius 2 is 2.06 bits per heavy atom. The van der Waals surface area contributed by atoms with Gasteiger partial charge in [-0.05, 0) is 17.7 Å². The lowest BCUT2D eigenvalue weighted by Gasteiger charge is -2.35. The number of likely N-dealkylation sites (tertiary alicyclic amines) is 1. The number of β-lactam (4-membered cyclic amide) rings is 1. The fourth-order valence-corrected chi connectivity index (χ4v) is 3.64. The average Bonchev–Trinajstić information content (AvgIpc) is 3.29. The SMILES string of the molecule is CN1C[C@H](NC(=O)c2cc(C(=O)NCc3ccc4c(c3)NC(=O)CO4)nc3ccnn23)C1=O. The highest BCUT2D eigenvalue weighted by atomic mass is 16.5. The Hall–Kier alpha value is -4.48. The lowest BCUT2D eigenvalue weighted by atomic mass is 10.1. The second kappa shape index (κ2) is 7.89. The summed E-state index contributed by atoms with van der Waals surface area (Å²) in [5, 5.41) is 12.2. The molecule has 12 nitrogen and oxygen atoms in total. The molecule has 0 spiro atoms. The van der Waals surface area contributed by atoms with Crippen molar-refractivity contribution in [1.29, 1.82) is 0 Å². The van der Waals surface area contributed by atoms with Crippen LogP contribution >= 0.6 is 0 Å². The summed E-state index contributed by atoms with van der Waals surface area (Å²) in [4.78, 5) is 54.7. The van der Waals surface area contributed by atoms with Crippen molar-refractivity contribution < 1.29 is 23.9 Å². The number of rotatable bonds is 5. The number of ether oxygens (including phenoxy) is 1. The van der Waals surface area contributed by atoms with Crippen molar-refractivity contribution >= 4 is 35.0 Å². The molecule has 2 aliphatic rings. The summed E-state index contributed by atoms with van der Waals surface area (Å²) in [7, 11) is 1.65. The maximum absolute atomic E-state index is 12.8. The van der Waals surface area contributed by atoms with E-state index < -0.39 is 17.9 Å². The van der Waals surface area contributed by atoms with E-state index in [0.29, 0.717) is 23.6 Å². The number of likely N-dealkylation sites (N-methyl/N-ethyl adjacent to an activating group) is 1. The standard InChI is InChI=1S/C21H19N7O5/c1-27-9-14(21(27)32)26-20(31)15-7-13(24-17-4-5-23-28(15)17)19(30)22-8-11-2-3-16-12(6-11)25-18(29)10-33-16/h2-7,14H,8-10H2,1H3,(H,22,30)(H,25,29)(H,26,31)/t14-/m0/s1. The van der Waals surface area contributed by atoms with Crippen LogP contribution in [0.5, 0.6) is 5.75 Å². The number of fused-ring (bicyclic) bond motifs is 2. The highest BCUT2D eigenvalue weighted by molar-refractivity contribution is 6.01. The molecule has 12 heteroatoms. The van der Waals surface area contributed by atoms with Crippen molar-refractivity contribution in [3.63, 3.8) is 0 Å². The predicted molar refractivity (Wildman–Crippen MR) is 114 cm³/mol. The quantitative estimate of drug-likeness (QED) is 0.448. The molecule has 3 aromatic rings. The molecule has 1 aromatic carbocycles. The molecule has 2 aliphatic heterocycles. The molecule has 4 amide bonds. The molecule has 3 N–H and O–H groups in total. The summed E-state index contributed by atoms with van der Waals surface area (Å²) in [6, 6.07) is 7.50. The number of nitrogens with zero attached hydrogens (tertiary/aromatic N) is 4. The minimum atomic E-state index is -0.605. The van der Waals surface area contributed by atoms with E-state index in [-0.39, 0.29) is 36.4 Å². The van der Waals surface area contributed by atoms with Crippen molar-refractivity contribution in [1.82, 2.24) is 30.1 Å². The monoisotopic (exact) mass is 449 g/mol. The van der Waals surface area contributed by atoms with Crippen LogP contribution in [0.4, 0.5) is 5.69 Å². The molecule has 0 bridgehead atoms. The smallest absolute Gasteiger partial charge is 0.270 e. The van der Waals surface area contributed by atoms with Gasteiger partial charge in [-0.15, -0.1) is 0 Å². The van der Waals surface area contributed by atoms with E-state index in [1.54, 1.807) is 31.3 Å². The summed E-state index contributed by atoms with van der Waals surface area (Å²) >= 11 is 0. The average molecular weight is 449 g/mol. The lowest BCUT2D eigenvalue weighted by molar-refractivity contribution is -0.141. The summed E-state index contributed by atoms with van der Waals surface area (Å²) < 4.78 is 6.64. The Kier molecular flexibility index (Phi) is 4.89. The van der Waals surface area contributed by atoms with Gasteiger partial charge in [-0.25, -0.2) is 9.50 Å². The minimum absolute atomic E-state index is 0.0276. The number of nitrogens with one attached hydrogen (secondary N) is 3. The molecule has 33 heavy (non-hydrogen) atoms. The molecular weight excluding hydrogens is 430 g/mol. The van der Waals surface area contributed by atoms with Crippen molar-refractivity contribution in [3.8, 4) is 5.75 Å². The Morgan fingerprint density at radius 1 is 1.21 bits per heavy atom. The van der Waals surface area contributed by atoms with Gasteiger partial charge in [0.05, 0.1) is 11.9 Å². The zero-order valence-corrected chi connectivity index (χ0v) is 17.5. The first-order valence-corrected chi connectivity index (χ1v) is 10.1. The third kappa shape index (κ3) is 3.82. The Balaban J connectivity index is 1.33. The van der Waals surface area contributed by atoms with Crippen molar-refractivity contribution in [2.24, 2.45) is 0 Å². The second-order valence-corrected chi connectivity index (χ2v) is 7.72. The molecule has 2 aromatic heterocycles. The van der Waals surface area contributed by atoms with E-state index in [4.69, 9.17) is 4.74 Å². The molecule has 0 saturated carbocycles. The topological polar surface area (TPSA) is 147 Å². The molecule has 1 fully saturated rings. The van der Waals surface area contributed by atoms with Crippen molar-refractivity contribution in [2.75, 3.05) is 25.5 Å². The van der Waals surface area contributed by atoms with Gasteiger partial charge in [-0.3, -0.25) is 19.2 Å². The van der Waals surface area contributed by atoms with Crippen LogP contribution in [-0.4, -0.2) is 69.4 Å². The zero-order valence-electron chi connectivity index (χ0n) is 17.5. The Morgan fingerprint density at radius 3 is 2.85 bits per heavy atom. The van der Waals surface area contributed by atoms with E-state index in [1.807, 2.05) is 0 Å². The highest BCUT2D eigenvalue weighted by Crippen LogP contribution is 2.28. The van der Waals surface area contributed by atoms with E-state index in [9.17, 15) is 19.2 Å².